The molecule has 2 rings (SSSR count). The Morgan fingerprint density at radius 1 is 1.41 bits per heavy atom. The molecule has 1 fully saturated rings. The van der Waals surface area contributed by atoms with Crippen molar-refractivity contribution in [3.8, 4) is 0 Å². The van der Waals surface area contributed by atoms with E-state index in [9.17, 15) is 4.79 Å². The van der Waals surface area contributed by atoms with Gasteiger partial charge in [-0.2, -0.15) is 0 Å². The van der Waals surface area contributed by atoms with E-state index in [-0.39, 0.29) is 6.03 Å². The maximum absolute atomic E-state index is 12.3. The number of aromatic nitrogens is 1. The molecular weight excluding hydrogens is 280 g/mol. The summed E-state index contributed by atoms with van der Waals surface area (Å²) in [5.74, 6) is 0.778. The van der Waals surface area contributed by atoms with Gasteiger partial charge >= 0.3 is 6.03 Å². The van der Waals surface area contributed by atoms with Crippen molar-refractivity contribution in [1.82, 2.24) is 20.3 Å². The summed E-state index contributed by atoms with van der Waals surface area (Å²) in [5.41, 5.74) is 1.84. The summed E-state index contributed by atoms with van der Waals surface area (Å²) >= 11 is 0. The normalized spacial score (nSPS) is 16.7. The molecule has 1 unspecified atom stereocenters. The first-order valence-corrected chi connectivity index (χ1v) is 8.17. The number of carbonyl (C=O) groups excluding carboxylic acids is 1. The van der Waals surface area contributed by atoms with Gasteiger partial charge < -0.3 is 14.7 Å². The van der Waals surface area contributed by atoms with Gasteiger partial charge in [0.25, 0.3) is 0 Å². The van der Waals surface area contributed by atoms with E-state index in [4.69, 9.17) is 4.52 Å². The predicted molar refractivity (Wildman–Crippen MR) is 85.7 cm³/mol. The fourth-order valence-electron chi connectivity index (χ4n) is 3.02. The lowest BCUT2D eigenvalue weighted by atomic mass is 10.2. The minimum atomic E-state index is -0.0438. The molecule has 1 aliphatic heterocycles. The number of aryl methyl sites for hydroxylation is 2. The third-order valence-corrected chi connectivity index (χ3v) is 4.54. The third kappa shape index (κ3) is 4.00. The van der Waals surface area contributed by atoms with Crippen LogP contribution in [-0.2, 0) is 6.54 Å². The number of urea groups is 1. The first kappa shape index (κ1) is 16.8. The summed E-state index contributed by atoms with van der Waals surface area (Å²) in [6.07, 6.45) is 3.61. The van der Waals surface area contributed by atoms with Crippen LogP contribution in [-0.4, -0.2) is 53.7 Å². The fourth-order valence-corrected chi connectivity index (χ4v) is 3.02. The zero-order valence-electron chi connectivity index (χ0n) is 14.2. The lowest BCUT2D eigenvalue weighted by molar-refractivity contribution is 0.193. The van der Waals surface area contributed by atoms with Gasteiger partial charge in [0.1, 0.15) is 5.76 Å². The summed E-state index contributed by atoms with van der Waals surface area (Å²) in [6.45, 7) is 9.50. The van der Waals surface area contributed by atoms with Gasteiger partial charge in [-0.15, -0.1) is 0 Å². The first-order valence-electron chi connectivity index (χ1n) is 8.17. The molecule has 0 saturated carbocycles. The summed E-state index contributed by atoms with van der Waals surface area (Å²) in [5, 5.41) is 6.98. The Morgan fingerprint density at radius 2 is 2.09 bits per heavy atom. The Kier molecular flexibility index (Phi) is 5.83. The number of nitrogens with one attached hydrogen (secondary N) is 1. The van der Waals surface area contributed by atoms with Crippen molar-refractivity contribution in [2.45, 2.75) is 52.6 Å². The second-order valence-corrected chi connectivity index (χ2v) is 6.15. The lowest BCUT2D eigenvalue weighted by Crippen LogP contribution is -2.45. The maximum Gasteiger partial charge on any atom is 0.317 e. The predicted octanol–water partition coefficient (Wildman–Crippen LogP) is 2.31. The van der Waals surface area contributed by atoms with Crippen LogP contribution in [0.2, 0.25) is 0 Å². The number of amides is 2. The van der Waals surface area contributed by atoms with E-state index in [2.05, 4.69) is 22.3 Å². The first-order chi connectivity index (χ1) is 10.5. The Balaban J connectivity index is 1.83. The number of carbonyl (C=O) groups is 1. The van der Waals surface area contributed by atoms with Crippen LogP contribution in [0, 0.1) is 13.8 Å². The van der Waals surface area contributed by atoms with Crippen molar-refractivity contribution in [3.05, 3.63) is 17.0 Å². The molecule has 0 aromatic carbocycles. The van der Waals surface area contributed by atoms with E-state index in [1.165, 1.54) is 12.8 Å². The van der Waals surface area contributed by atoms with Crippen molar-refractivity contribution >= 4 is 6.03 Å². The second kappa shape index (κ2) is 7.63. The molecule has 124 valence electrons. The average Bonchev–Trinajstić information content (AvgIpc) is 3.13. The number of hydrogen-bond donors (Lipinski definition) is 1. The van der Waals surface area contributed by atoms with Crippen LogP contribution >= 0.6 is 0 Å². The van der Waals surface area contributed by atoms with Crippen molar-refractivity contribution in [2.75, 3.05) is 26.7 Å². The van der Waals surface area contributed by atoms with E-state index >= 15 is 0 Å². The van der Waals surface area contributed by atoms with Crippen molar-refractivity contribution < 1.29 is 9.32 Å². The highest BCUT2D eigenvalue weighted by Crippen LogP contribution is 2.15. The van der Waals surface area contributed by atoms with Crippen molar-refractivity contribution in [2.24, 2.45) is 0 Å². The second-order valence-electron chi connectivity index (χ2n) is 6.15. The molecule has 0 aliphatic carbocycles. The fraction of sp³-hybridized carbons (Fsp3) is 0.750. The molecular formula is C16H28N4O2. The van der Waals surface area contributed by atoms with Gasteiger partial charge in [-0.05, 0) is 46.2 Å². The quantitative estimate of drug-likeness (QED) is 0.876. The Morgan fingerprint density at radius 3 is 2.64 bits per heavy atom. The summed E-state index contributed by atoms with van der Waals surface area (Å²) in [4.78, 5) is 16.4. The third-order valence-electron chi connectivity index (χ3n) is 4.54. The highest BCUT2D eigenvalue weighted by molar-refractivity contribution is 5.73. The van der Waals surface area contributed by atoms with Crippen LogP contribution < -0.4 is 5.32 Å². The lowest BCUT2D eigenvalue weighted by Gasteiger charge is -2.27. The molecule has 0 bridgehead atoms. The summed E-state index contributed by atoms with van der Waals surface area (Å²) in [7, 11) is 1.80. The number of hydrogen-bond acceptors (Lipinski definition) is 4. The molecule has 1 saturated heterocycles. The smallest absolute Gasteiger partial charge is 0.317 e. The molecule has 0 radical (unpaired) electrons. The SMILES string of the molecule is CCC(CNC(=O)N(C)Cc1c(C)noc1C)N1CCCC1. The zero-order valence-corrected chi connectivity index (χ0v) is 14.2. The van der Waals surface area contributed by atoms with Crippen LogP contribution in [0.5, 0.6) is 0 Å². The molecule has 1 aromatic rings. The van der Waals surface area contributed by atoms with Crippen LogP contribution in [0.15, 0.2) is 4.52 Å². The van der Waals surface area contributed by atoms with Crippen molar-refractivity contribution in [1.29, 1.82) is 0 Å². The molecule has 1 atom stereocenters. The minimum absolute atomic E-state index is 0.0438. The Hall–Kier alpha value is -1.56. The Labute approximate surface area is 132 Å². The highest BCUT2D eigenvalue weighted by atomic mass is 16.5. The van der Waals surface area contributed by atoms with Gasteiger partial charge in [-0.1, -0.05) is 12.1 Å². The van der Waals surface area contributed by atoms with E-state index in [0.717, 1.165) is 36.5 Å². The van der Waals surface area contributed by atoms with E-state index < -0.39 is 0 Å². The van der Waals surface area contributed by atoms with Gasteiger partial charge in [-0.3, -0.25) is 4.90 Å². The van der Waals surface area contributed by atoms with E-state index in [1.54, 1.807) is 11.9 Å². The van der Waals surface area contributed by atoms with Crippen LogP contribution in [0.4, 0.5) is 4.79 Å². The van der Waals surface area contributed by atoms with Gasteiger partial charge in [0.05, 0.1) is 12.2 Å². The summed E-state index contributed by atoms with van der Waals surface area (Å²) in [6, 6.07) is 0.400. The monoisotopic (exact) mass is 308 g/mol. The largest absolute Gasteiger partial charge is 0.361 e. The average molecular weight is 308 g/mol. The minimum Gasteiger partial charge on any atom is -0.361 e. The number of likely N-dealkylation sites (tertiary alicyclic amines) is 1. The topological polar surface area (TPSA) is 61.6 Å². The van der Waals surface area contributed by atoms with Gasteiger partial charge in [0, 0.05) is 25.2 Å². The molecule has 1 aliphatic rings. The molecule has 6 heteroatoms. The van der Waals surface area contributed by atoms with E-state index in [1.807, 2.05) is 13.8 Å². The number of rotatable bonds is 6. The molecule has 6 nitrogen and oxygen atoms in total. The molecule has 22 heavy (non-hydrogen) atoms. The van der Waals surface area contributed by atoms with Gasteiger partial charge in [0.2, 0.25) is 0 Å². The van der Waals surface area contributed by atoms with Crippen LogP contribution in [0.3, 0.4) is 0 Å². The van der Waals surface area contributed by atoms with Gasteiger partial charge in [0.15, 0.2) is 0 Å². The van der Waals surface area contributed by atoms with E-state index in [0.29, 0.717) is 19.1 Å². The summed E-state index contributed by atoms with van der Waals surface area (Å²) < 4.78 is 5.14. The van der Waals surface area contributed by atoms with Crippen LogP contribution in [0.25, 0.3) is 0 Å². The molecule has 1 aromatic heterocycles. The van der Waals surface area contributed by atoms with Crippen molar-refractivity contribution in [3.63, 3.8) is 0 Å². The molecule has 0 spiro atoms. The van der Waals surface area contributed by atoms with Crippen LogP contribution in [0.1, 0.15) is 43.2 Å². The number of nitrogens with zero attached hydrogens (tertiary/aromatic N) is 3. The zero-order chi connectivity index (χ0) is 16.1. The molecule has 2 heterocycles. The van der Waals surface area contributed by atoms with Gasteiger partial charge in [-0.25, -0.2) is 4.79 Å². The molecule has 1 N–H and O–H groups in total. The highest BCUT2D eigenvalue weighted by Gasteiger charge is 2.22. The molecule has 2 amide bonds. The standard InChI is InChI=1S/C16H28N4O2/c1-5-14(20-8-6-7-9-20)10-17-16(21)19(4)11-15-12(2)18-22-13(15)3/h14H,5-11H2,1-4H3,(H,17,21). The Bertz CT molecular complexity index is 475. The maximum atomic E-state index is 12.3.